The molecule has 1 amide bonds. The topological polar surface area (TPSA) is 110 Å². The number of amides is 1. The summed E-state index contributed by atoms with van der Waals surface area (Å²) in [4.78, 5) is 31.1. The van der Waals surface area contributed by atoms with E-state index in [1.54, 1.807) is 6.92 Å². The summed E-state index contributed by atoms with van der Waals surface area (Å²) in [6.07, 6.45) is 1.30. The smallest absolute Gasteiger partial charge is 0.361 e. The lowest BCUT2D eigenvalue weighted by Gasteiger charge is -2.02. The van der Waals surface area contributed by atoms with Crippen LogP contribution < -0.4 is 5.48 Å². The molecule has 0 atom stereocenters. The Balaban J connectivity index is 2.53. The van der Waals surface area contributed by atoms with Crippen LogP contribution in [0.1, 0.15) is 12.7 Å². The zero-order valence-electron chi connectivity index (χ0n) is 9.58. The van der Waals surface area contributed by atoms with Crippen molar-refractivity contribution in [3.05, 3.63) is 24.2 Å². The molecule has 0 bridgehead atoms. The first kappa shape index (κ1) is 13.7. The monoisotopic (exact) mass is 256 g/mol. The third kappa shape index (κ3) is 4.26. The number of carboxylic acid groups (broad SMARTS) is 1. The number of hydroxylamine groups is 1. The number of carboxylic acids is 1. The molecule has 0 unspecified atom stereocenters. The number of carbonyl (C=O) groups is 2. The van der Waals surface area contributed by atoms with Gasteiger partial charge in [0.25, 0.3) is 5.91 Å². The minimum atomic E-state index is -1.32. The number of hydrogen-bond donors (Lipinski definition) is 2. The van der Waals surface area contributed by atoms with Crippen molar-refractivity contribution in [2.24, 2.45) is 5.16 Å². The van der Waals surface area contributed by atoms with Gasteiger partial charge in [-0.05, 0) is 19.1 Å². The van der Waals surface area contributed by atoms with Crippen molar-refractivity contribution in [3.63, 3.8) is 0 Å². The first-order valence-electron chi connectivity index (χ1n) is 5.03. The summed E-state index contributed by atoms with van der Waals surface area (Å²) in [5.41, 5.74) is 1.64. The Morgan fingerprint density at radius 3 is 2.89 bits per heavy atom. The SMILES string of the molecule is CCONC(=O)CO/N=C(\C(=O)O)c1ccco1. The fourth-order valence-electron chi connectivity index (χ4n) is 0.940. The van der Waals surface area contributed by atoms with E-state index in [1.165, 1.54) is 18.4 Å². The van der Waals surface area contributed by atoms with Crippen molar-refractivity contribution in [3.8, 4) is 0 Å². The van der Waals surface area contributed by atoms with E-state index >= 15 is 0 Å². The summed E-state index contributed by atoms with van der Waals surface area (Å²) in [6, 6.07) is 2.92. The molecule has 8 heteroatoms. The van der Waals surface area contributed by atoms with Crippen LogP contribution in [-0.2, 0) is 19.3 Å². The summed E-state index contributed by atoms with van der Waals surface area (Å²) in [6.45, 7) is 1.54. The van der Waals surface area contributed by atoms with E-state index in [9.17, 15) is 9.59 Å². The molecule has 8 nitrogen and oxygen atoms in total. The molecule has 0 aliphatic heterocycles. The third-order valence-corrected chi connectivity index (χ3v) is 1.64. The van der Waals surface area contributed by atoms with Crippen LogP contribution in [0.5, 0.6) is 0 Å². The summed E-state index contributed by atoms with van der Waals surface area (Å²) >= 11 is 0. The molecule has 0 aliphatic rings. The predicted octanol–water partition coefficient (Wildman–Crippen LogP) is 0.153. The van der Waals surface area contributed by atoms with Crippen LogP contribution in [0.15, 0.2) is 28.0 Å². The van der Waals surface area contributed by atoms with Gasteiger partial charge in [0, 0.05) is 0 Å². The fraction of sp³-hybridized carbons (Fsp3) is 0.300. The van der Waals surface area contributed by atoms with Crippen LogP contribution in [0.4, 0.5) is 0 Å². The highest BCUT2D eigenvalue weighted by Gasteiger charge is 2.16. The molecule has 0 saturated heterocycles. The number of nitrogens with zero attached hydrogens (tertiary/aromatic N) is 1. The Labute approximate surface area is 102 Å². The molecule has 98 valence electrons. The number of carbonyl (C=O) groups excluding carboxylic acids is 1. The minimum Gasteiger partial charge on any atom is -0.476 e. The number of rotatable bonds is 7. The number of hydrogen-bond acceptors (Lipinski definition) is 6. The van der Waals surface area contributed by atoms with Crippen molar-refractivity contribution in [2.75, 3.05) is 13.2 Å². The maximum Gasteiger partial charge on any atom is 0.361 e. The van der Waals surface area contributed by atoms with Gasteiger partial charge in [0.05, 0.1) is 12.9 Å². The van der Waals surface area contributed by atoms with Crippen LogP contribution in [0, 0.1) is 0 Å². The highest BCUT2D eigenvalue weighted by Crippen LogP contribution is 2.03. The lowest BCUT2D eigenvalue weighted by molar-refractivity contribution is -0.138. The fourth-order valence-corrected chi connectivity index (χ4v) is 0.940. The maximum absolute atomic E-state index is 11.0. The van der Waals surface area contributed by atoms with E-state index in [2.05, 4.69) is 20.3 Å². The average Bonchev–Trinajstić information content (AvgIpc) is 2.85. The number of furan rings is 1. The van der Waals surface area contributed by atoms with Crippen molar-refractivity contribution < 1.29 is 28.8 Å². The van der Waals surface area contributed by atoms with E-state index in [0.29, 0.717) is 6.61 Å². The molecule has 1 aromatic heterocycles. The molecule has 0 spiro atoms. The van der Waals surface area contributed by atoms with E-state index in [-0.39, 0.29) is 5.76 Å². The molecule has 0 fully saturated rings. The van der Waals surface area contributed by atoms with Crippen LogP contribution >= 0.6 is 0 Å². The predicted molar refractivity (Wildman–Crippen MR) is 58.6 cm³/mol. The standard InChI is InChI=1S/C10H12N2O6/c1-2-17-11-8(13)6-18-12-9(10(14)15)7-4-3-5-16-7/h3-5H,2,6H2,1H3,(H,11,13)(H,14,15)/b12-9-. The third-order valence-electron chi connectivity index (χ3n) is 1.64. The number of nitrogens with one attached hydrogen (secondary N) is 1. The Hall–Kier alpha value is -2.35. The second-order valence-corrected chi connectivity index (χ2v) is 2.95. The van der Waals surface area contributed by atoms with Crippen LogP contribution in [-0.4, -0.2) is 35.9 Å². The molecular formula is C10H12N2O6. The Kier molecular flexibility index (Phi) is 5.39. The van der Waals surface area contributed by atoms with Gasteiger partial charge in [-0.1, -0.05) is 5.16 Å². The Morgan fingerprint density at radius 2 is 2.33 bits per heavy atom. The summed E-state index contributed by atoms with van der Waals surface area (Å²) in [7, 11) is 0. The molecule has 1 rings (SSSR count). The van der Waals surface area contributed by atoms with Gasteiger partial charge in [-0.15, -0.1) is 0 Å². The summed E-state index contributed by atoms with van der Waals surface area (Å²) in [5.74, 6) is -1.87. The molecule has 0 aromatic carbocycles. The minimum absolute atomic E-state index is 0.0349. The zero-order chi connectivity index (χ0) is 13.4. The molecule has 0 radical (unpaired) electrons. The highest BCUT2D eigenvalue weighted by molar-refractivity contribution is 6.41. The Morgan fingerprint density at radius 1 is 1.56 bits per heavy atom. The van der Waals surface area contributed by atoms with Gasteiger partial charge in [-0.3, -0.25) is 9.63 Å². The molecule has 18 heavy (non-hydrogen) atoms. The average molecular weight is 256 g/mol. The van der Waals surface area contributed by atoms with Crippen molar-refractivity contribution >= 4 is 17.6 Å². The van der Waals surface area contributed by atoms with Crippen LogP contribution in [0.2, 0.25) is 0 Å². The molecule has 1 aromatic rings. The zero-order valence-corrected chi connectivity index (χ0v) is 9.58. The van der Waals surface area contributed by atoms with Crippen LogP contribution in [0.3, 0.4) is 0 Å². The van der Waals surface area contributed by atoms with E-state index in [1.807, 2.05) is 0 Å². The van der Waals surface area contributed by atoms with Gasteiger partial charge in [0.15, 0.2) is 12.4 Å². The van der Waals surface area contributed by atoms with Crippen molar-refractivity contribution in [1.29, 1.82) is 0 Å². The second-order valence-electron chi connectivity index (χ2n) is 2.95. The molecule has 0 saturated carbocycles. The lowest BCUT2D eigenvalue weighted by Crippen LogP contribution is -2.27. The van der Waals surface area contributed by atoms with E-state index < -0.39 is 24.2 Å². The lowest BCUT2D eigenvalue weighted by atomic mass is 10.3. The Bertz CT molecular complexity index is 426. The van der Waals surface area contributed by atoms with Gasteiger partial charge in [0.1, 0.15) is 0 Å². The molecule has 1 heterocycles. The van der Waals surface area contributed by atoms with Gasteiger partial charge in [-0.25, -0.2) is 10.3 Å². The molecule has 0 aliphatic carbocycles. The molecular weight excluding hydrogens is 244 g/mol. The van der Waals surface area contributed by atoms with Crippen molar-refractivity contribution in [1.82, 2.24) is 5.48 Å². The first-order chi connectivity index (χ1) is 8.65. The number of aliphatic carboxylic acids is 1. The van der Waals surface area contributed by atoms with Gasteiger partial charge < -0.3 is 14.4 Å². The molecule has 2 N–H and O–H groups in total. The van der Waals surface area contributed by atoms with Crippen LogP contribution in [0.25, 0.3) is 0 Å². The van der Waals surface area contributed by atoms with E-state index in [4.69, 9.17) is 9.52 Å². The van der Waals surface area contributed by atoms with E-state index in [0.717, 1.165) is 0 Å². The number of oxime groups is 1. The highest BCUT2D eigenvalue weighted by atomic mass is 16.7. The maximum atomic E-state index is 11.0. The van der Waals surface area contributed by atoms with Crippen molar-refractivity contribution in [2.45, 2.75) is 6.92 Å². The van der Waals surface area contributed by atoms with Gasteiger partial charge >= 0.3 is 5.97 Å². The van der Waals surface area contributed by atoms with Gasteiger partial charge in [-0.2, -0.15) is 0 Å². The largest absolute Gasteiger partial charge is 0.476 e. The summed E-state index contributed by atoms with van der Waals surface area (Å²) < 4.78 is 4.86. The quantitative estimate of drug-likeness (QED) is 0.530. The second kappa shape index (κ2) is 7.07. The normalized spacial score (nSPS) is 11.1. The first-order valence-corrected chi connectivity index (χ1v) is 5.03. The van der Waals surface area contributed by atoms with Gasteiger partial charge in [0.2, 0.25) is 5.71 Å². The summed E-state index contributed by atoms with van der Waals surface area (Å²) in [5, 5.41) is 12.2.